The summed E-state index contributed by atoms with van der Waals surface area (Å²) in [6, 6.07) is 13.3. The Labute approximate surface area is 154 Å². The first kappa shape index (κ1) is 19.3. The highest BCUT2D eigenvalue weighted by Crippen LogP contribution is 2.23. The van der Waals surface area contributed by atoms with E-state index in [0.717, 1.165) is 17.0 Å². The maximum Gasteiger partial charge on any atom is 0.134 e. The smallest absolute Gasteiger partial charge is 0.134 e. The van der Waals surface area contributed by atoms with E-state index < -0.39 is 0 Å². The Morgan fingerprint density at radius 1 is 1.24 bits per heavy atom. The summed E-state index contributed by atoms with van der Waals surface area (Å²) in [6.45, 7) is 3.26. The number of quaternary nitrogens is 1. The van der Waals surface area contributed by atoms with Crippen LogP contribution in [0.2, 0.25) is 5.02 Å². The van der Waals surface area contributed by atoms with Crippen molar-refractivity contribution in [3.8, 4) is 11.5 Å². The molecular weight excluding hydrogens is 336 g/mol. The fourth-order valence-electron chi connectivity index (χ4n) is 2.55. The number of rotatable bonds is 8. The molecule has 0 heterocycles. The molecule has 134 valence electrons. The van der Waals surface area contributed by atoms with Crippen molar-refractivity contribution in [2.45, 2.75) is 19.4 Å². The second-order valence-corrected chi connectivity index (χ2v) is 6.62. The van der Waals surface area contributed by atoms with Crippen LogP contribution < -0.4 is 9.64 Å². The number of hydrogen-bond acceptors (Lipinski definition) is 3. The fraction of sp³-hybridized carbons (Fsp3) is 0.350. The molecule has 0 saturated heterocycles. The van der Waals surface area contributed by atoms with Crippen LogP contribution in [0, 0.1) is 0 Å². The summed E-state index contributed by atoms with van der Waals surface area (Å²) in [5, 5.41) is 10.9. The van der Waals surface area contributed by atoms with Crippen molar-refractivity contribution in [1.82, 2.24) is 0 Å². The first-order chi connectivity index (χ1) is 12.0. The van der Waals surface area contributed by atoms with Gasteiger partial charge in [-0.25, -0.2) is 0 Å². The molecule has 2 aromatic carbocycles. The molecule has 0 unspecified atom stereocenters. The lowest BCUT2D eigenvalue weighted by Crippen LogP contribution is -3.06. The van der Waals surface area contributed by atoms with Crippen LogP contribution in [-0.4, -0.2) is 38.6 Å². The monoisotopic (exact) mass is 361 g/mol. The van der Waals surface area contributed by atoms with Crippen LogP contribution in [0.5, 0.6) is 11.5 Å². The van der Waals surface area contributed by atoms with Crippen LogP contribution >= 0.6 is 11.6 Å². The van der Waals surface area contributed by atoms with Crippen molar-refractivity contribution in [3.63, 3.8) is 0 Å². The quantitative estimate of drug-likeness (QED) is 0.709. The summed E-state index contributed by atoms with van der Waals surface area (Å²) in [4.78, 5) is 5.78. The average molecular weight is 362 g/mol. The van der Waals surface area contributed by atoms with Crippen molar-refractivity contribution in [3.05, 3.63) is 58.6 Å². The lowest BCUT2D eigenvalue weighted by molar-refractivity contribution is -0.890. The molecule has 0 radical (unpaired) electrons. The van der Waals surface area contributed by atoms with Crippen molar-refractivity contribution < 1.29 is 14.7 Å². The van der Waals surface area contributed by atoms with Crippen molar-refractivity contribution in [1.29, 1.82) is 0 Å². The van der Waals surface area contributed by atoms with Gasteiger partial charge in [0, 0.05) is 28.4 Å². The number of phenols is 1. The molecular formula is C20H26ClN2O2+. The largest absolute Gasteiger partial charge is 0.507 e. The predicted molar refractivity (Wildman–Crippen MR) is 103 cm³/mol. The number of aromatic hydroxyl groups is 1. The average Bonchev–Trinajstić information content (AvgIpc) is 2.59. The Kier molecular flexibility index (Phi) is 7.29. The highest BCUT2D eigenvalue weighted by atomic mass is 35.5. The molecule has 2 N–H and O–H groups in total. The van der Waals surface area contributed by atoms with Gasteiger partial charge in [0.25, 0.3) is 0 Å². The molecule has 0 aliphatic heterocycles. The standard InChI is InChI=1S/C20H25ClN2O2/c1-4-11-25-16-10-9-15(20(24)12-16)13-22-14-19(23(2)3)17-7-5-6-8-18(17)21/h5-10,12-13,19,24H,4,11,14H2,1-3H3/p+1/t19-/m0/s1. The van der Waals surface area contributed by atoms with Gasteiger partial charge in [0.2, 0.25) is 0 Å². The summed E-state index contributed by atoms with van der Waals surface area (Å²) < 4.78 is 5.51. The van der Waals surface area contributed by atoms with E-state index in [9.17, 15) is 5.11 Å². The van der Waals surface area contributed by atoms with Crippen molar-refractivity contribution in [2.75, 3.05) is 27.2 Å². The van der Waals surface area contributed by atoms with Gasteiger partial charge in [0.15, 0.2) is 0 Å². The van der Waals surface area contributed by atoms with E-state index in [1.807, 2.05) is 43.3 Å². The first-order valence-electron chi connectivity index (χ1n) is 8.53. The number of halogens is 1. The lowest BCUT2D eigenvalue weighted by atomic mass is 10.1. The fourth-order valence-corrected chi connectivity index (χ4v) is 2.82. The van der Waals surface area contributed by atoms with Gasteiger partial charge in [-0.15, -0.1) is 0 Å². The van der Waals surface area contributed by atoms with Gasteiger partial charge in [-0.05, 0) is 24.6 Å². The van der Waals surface area contributed by atoms with Crippen molar-refractivity contribution >= 4 is 17.8 Å². The predicted octanol–water partition coefficient (Wildman–Crippen LogP) is 3.14. The number of nitrogens with one attached hydrogen (secondary N) is 1. The Morgan fingerprint density at radius 3 is 2.64 bits per heavy atom. The topological polar surface area (TPSA) is 46.3 Å². The zero-order valence-corrected chi connectivity index (χ0v) is 15.8. The minimum atomic E-state index is 0.152. The number of phenolic OH excluding ortho intramolecular Hbond substituents is 1. The molecule has 5 heteroatoms. The highest BCUT2D eigenvalue weighted by Gasteiger charge is 2.19. The summed E-state index contributed by atoms with van der Waals surface area (Å²) in [5.74, 6) is 0.840. The van der Waals surface area contributed by atoms with Crippen molar-refractivity contribution in [2.24, 2.45) is 4.99 Å². The molecule has 2 rings (SSSR count). The number of benzene rings is 2. The summed E-state index contributed by atoms with van der Waals surface area (Å²) in [5.41, 5.74) is 1.75. The molecule has 0 amide bonds. The zero-order valence-electron chi connectivity index (χ0n) is 15.0. The summed E-state index contributed by atoms with van der Waals surface area (Å²) in [6.07, 6.45) is 2.63. The summed E-state index contributed by atoms with van der Waals surface area (Å²) >= 11 is 6.32. The van der Waals surface area contributed by atoms with E-state index in [0.29, 0.717) is 24.5 Å². The minimum absolute atomic E-state index is 0.152. The van der Waals surface area contributed by atoms with E-state index in [1.54, 1.807) is 12.3 Å². The van der Waals surface area contributed by atoms with Crippen LogP contribution in [0.1, 0.15) is 30.5 Å². The maximum atomic E-state index is 10.1. The van der Waals surface area contributed by atoms with E-state index >= 15 is 0 Å². The molecule has 0 aromatic heterocycles. The van der Waals surface area contributed by atoms with Crippen LogP contribution in [0.3, 0.4) is 0 Å². The second-order valence-electron chi connectivity index (χ2n) is 6.21. The van der Waals surface area contributed by atoms with E-state index in [4.69, 9.17) is 16.3 Å². The molecule has 0 bridgehead atoms. The molecule has 1 atom stereocenters. The van der Waals surface area contributed by atoms with Gasteiger partial charge in [-0.2, -0.15) is 0 Å². The Hall–Kier alpha value is -2.04. The summed E-state index contributed by atoms with van der Waals surface area (Å²) in [7, 11) is 4.17. The van der Waals surface area contributed by atoms with Gasteiger partial charge in [0.05, 0.1) is 27.2 Å². The third-order valence-electron chi connectivity index (χ3n) is 3.97. The number of likely N-dealkylation sites (N-methyl/N-ethyl adjacent to an activating group) is 1. The van der Waals surface area contributed by atoms with Gasteiger partial charge >= 0.3 is 0 Å². The van der Waals surface area contributed by atoms with Crippen LogP contribution in [0.4, 0.5) is 0 Å². The number of ether oxygens (including phenoxy) is 1. The third-order valence-corrected chi connectivity index (χ3v) is 4.31. The molecule has 4 nitrogen and oxygen atoms in total. The third kappa shape index (κ3) is 5.48. The van der Waals surface area contributed by atoms with Crippen LogP contribution in [-0.2, 0) is 0 Å². The van der Waals surface area contributed by atoms with Gasteiger partial charge in [0.1, 0.15) is 17.5 Å². The Balaban J connectivity index is 2.09. The van der Waals surface area contributed by atoms with Gasteiger partial charge in [-0.1, -0.05) is 36.7 Å². The Morgan fingerprint density at radius 2 is 2.00 bits per heavy atom. The lowest BCUT2D eigenvalue weighted by Gasteiger charge is -2.21. The normalized spacial score (nSPS) is 12.7. The minimum Gasteiger partial charge on any atom is -0.507 e. The molecule has 0 saturated carbocycles. The molecule has 25 heavy (non-hydrogen) atoms. The van der Waals surface area contributed by atoms with Gasteiger partial charge in [-0.3, -0.25) is 4.99 Å². The second kappa shape index (κ2) is 9.44. The van der Waals surface area contributed by atoms with E-state index in [-0.39, 0.29) is 11.8 Å². The molecule has 0 spiro atoms. The molecule has 0 fully saturated rings. The van der Waals surface area contributed by atoms with Crippen LogP contribution in [0.15, 0.2) is 47.5 Å². The Bertz CT molecular complexity index is 717. The number of hydrogen-bond donors (Lipinski definition) is 2. The molecule has 0 aliphatic rings. The van der Waals surface area contributed by atoms with Gasteiger partial charge < -0.3 is 14.7 Å². The molecule has 0 aliphatic carbocycles. The number of aliphatic imine (C=N–C) groups is 1. The first-order valence-corrected chi connectivity index (χ1v) is 8.90. The number of nitrogens with zero attached hydrogens (tertiary/aromatic N) is 1. The highest BCUT2D eigenvalue weighted by molar-refractivity contribution is 6.31. The molecule has 2 aromatic rings. The zero-order chi connectivity index (χ0) is 18.2. The maximum absolute atomic E-state index is 10.1. The van der Waals surface area contributed by atoms with Crippen LogP contribution in [0.25, 0.3) is 0 Å². The van der Waals surface area contributed by atoms with E-state index in [2.05, 4.69) is 19.1 Å². The van der Waals surface area contributed by atoms with E-state index in [1.165, 1.54) is 4.90 Å². The SMILES string of the molecule is CCCOc1ccc(C=NC[C@@H](c2ccccc2Cl)[NH+](C)C)c(O)c1.